The van der Waals surface area contributed by atoms with Crippen molar-refractivity contribution in [3.8, 4) is 11.1 Å². The van der Waals surface area contributed by atoms with E-state index in [1.165, 1.54) is 41.5 Å². The number of allylic oxidation sites excluding steroid dienone is 1. The third kappa shape index (κ3) is 5.34. The molecule has 1 heteroatoms. The zero-order valence-corrected chi connectivity index (χ0v) is 16.3. The molecule has 2 aromatic rings. The van der Waals surface area contributed by atoms with Crippen LogP contribution >= 0.6 is 11.6 Å². The Labute approximate surface area is 158 Å². The third-order valence-electron chi connectivity index (χ3n) is 4.66. The first kappa shape index (κ1) is 19.5. The number of hydrogen-bond donors (Lipinski definition) is 0. The van der Waals surface area contributed by atoms with Crippen LogP contribution in [0.15, 0.2) is 55.1 Å². The first-order valence-electron chi connectivity index (χ1n) is 9.24. The lowest BCUT2D eigenvalue weighted by molar-refractivity contribution is 0.706. The average molecular weight is 353 g/mol. The number of halogens is 1. The van der Waals surface area contributed by atoms with Crippen molar-refractivity contribution in [1.29, 1.82) is 0 Å². The molecule has 0 saturated carbocycles. The summed E-state index contributed by atoms with van der Waals surface area (Å²) in [7, 11) is 0. The van der Waals surface area contributed by atoms with Gasteiger partial charge in [0.2, 0.25) is 0 Å². The fourth-order valence-electron chi connectivity index (χ4n) is 3.31. The van der Waals surface area contributed by atoms with Gasteiger partial charge < -0.3 is 0 Å². The van der Waals surface area contributed by atoms with E-state index in [1.54, 1.807) is 0 Å². The van der Waals surface area contributed by atoms with E-state index in [0.717, 1.165) is 35.4 Å². The van der Waals surface area contributed by atoms with Crippen molar-refractivity contribution in [2.75, 3.05) is 0 Å². The van der Waals surface area contributed by atoms with Crippen molar-refractivity contribution in [3.63, 3.8) is 0 Å². The lowest BCUT2D eigenvalue weighted by Crippen LogP contribution is -1.93. The van der Waals surface area contributed by atoms with Crippen LogP contribution < -0.4 is 0 Å². The third-order valence-corrected chi connectivity index (χ3v) is 4.96. The standard InChI is InChI=1S/C24H29Cl/c1-5-11-18(3)12-7-9-14-20-16-21(6-2)24(23(25)17-20)22-15-10-8-13-19(22)4/h6,8,10,13,15-17H,2-3,5,7,9,11-12,14H2,1,4H3. The molecule has 0 aliphatic rings. The molecule has 0 spiro atoms. The highest BCUT2D eigenvalue weighted by Gasteiger charge is 2.12. The summed E-state index contributed by atoms with van der Waals surface area (Å²) in [5, 5.41) is 0.817. The van der Waals surface area contributed by atoms with E-state index in [2.05, 4.69) is 63.4 Å². The maximum atomic E-state index is 6.66. The number of hydrogen-bond acceptors (Lipinski definition) is 0. The van der Waals surface area contributed by atoms with Gasteiger partial charge in [0.25, 0.3) is 0 Å². The van der Waals surface area contributed by atoms with E-state index < -0.39 is 0 Å². The molecule has 0 nitrogen and oxygen atoms in total. The topological polar surface area (TPSA) is 0 Å². The van der Waals surface area contributed by atoms with Crippen LogP contribution in [0.2, 0.25) is 5.02 Å². The van der Waals surface area contributed by atoms with Crippen molar-refractivity contribution >= 4 is 17.7 Å². The van der Waals surface area contributed by atoms with Crippen LogP contribution in [-0.4, -0.2) is 0 Å². The summed E-state index contributed by atoms with van der Waals surface area (Å²) >= 11 is 6.66. The van der Waals surface area contributed by atoms with E-state index in [9.17, 15) is 0 Å². The van der Waals surface area contributed by atoms with Crippen LogP contribution in [0.3, 0.4) is 0 Å². The van der Waals surface area contributed by atoms with Crippen molar-refractivity contribution < 1.29 is 0 Å². The van der Waals surface area contributed by atoms with Crippen molar-refractivity contribution in [2.45, 2.75) is 52.4 Å². The molecule has 2 rings (SSSR count). The van der Waals surface area contributed by atoms with Gasteiger partial charge in [-0.3, -0.25) is 0 Å². The van der Waals surface area contributed by atoms with E-state index >= 15 is 0 Å². The second kappa shape index (κ2) is 9.63. The molecule has 0 heterocycles. The first-order chi connectivity index (χ1) is 12.1. The number of aryl methyl sites for hydroxylation is 2. The lowest BCUT2D eigenvalue weighted by atomic mass is 9.93. The molecule has 0 amide bonds. The zero-order valence-electron chi connectivity index (χ0n) is 15.6. The minimum absolute atomic E-state index is 0.817. The van der Waals surface area contributed by atoms with Crippen molar-refractivity contribution in [1.82, 2.24) is 0 Å². The summed E-state index contributed by atoms with van der Waals surface area (Å²) in [6, 6.07) is 12.7. The Morgan fingerprint density at radius 3 is 2.56 bits per heavy atom. The Bertz CT molecular complexity index is 740. The molecule has 0 bridgehead atoms. The molecular formula is C24H29Cl. The summed E-state index contributed by atoms with van der Waals surface area (Å²) < 4.78 is 0. The second-order valence-electron chi connectivity index (χ2n) is 6.77. The van der Waals surface area contributed by atoms with E-state index in [0.29, 0.717) is 0 Å². The summed E-state index contributed by atoms with van der Waals surface area (Å²) in [5.74, 6) is 0. The smallest absolute Gasteiger partial charge is 0.0493 e. The zero-order chi connectivity index (χ0) is 18.2. The molecule has 0 atom stereocenters. The van der Waals surface area contributed by atoms with Crippen molar-refractivity contribution in [2.24, 2.45) is 0 Å². The van der Waals surface area contributed by atoms with Gasteiger partial charge in [0, 0.05) is 10.6 Å². The molecule has 25 heavy (non-hydrogen) atoms. The molecule has 2 aromatic carbocycles. The fraction of sp³-hybridized carbons (Fsp3) is 0.333. The Morgan fingerprint density at radius 2 is 1.88 bits per heavy atom. The maximum Gasteiger partial charge on any atom is 0.0493 e. The highest BCUT2D eigenvalue weighted by atomic mass is 35.5. The molecule has 0 N–H and O–H groups in total. The Morgan fingerprint density at radius 1 is 1.12 bits per heavy atom. The van der Waals surface area contributed by atoms with Crippen LogP contribution in [0.25, 0.3) is 17.2 Å². The molecule has 0 aromatic heterocycles. The molecule has 0 aliphatic carbocycles. The van der Waals surface area contributed by atoms with E-state index in [-0.39, 0.29) is 0 Å². The molecule has 0 unspecified atom stereocenters. The second-order valence-corrected chi connectivity index (χ2v) is 7.18. The predicted octanol–water partition coefficient (Wildman–Crippen LogP) is 8.03. The van der Waals surface area contributed by atoms with Gasteiger partial charge in [-0.15, -0.1) is 0 Å². The van der Waals surface area contributed by atoms with E-state index in [4.69, 9.17) is 11.6 Å². The van der Waals surface area contributed by atoms with Gasteiger partial charge in [-0.25, -0.2) is 0 Å². The Kier molecular flexibility index (Phi) is 7.52. The quantitative estimate of drug-likeness (QED) is 0.316. The Hall–Kier alpha value is -1.79. The van der Waals surface area contributed by atoms with Crippen LogP contribution in [0.4, 0.5) is 0 Å². The summed E-state index contributed by atoms with van der Waals surface area (Å²) in [6.07, 6.45) is 8.80. The maximum absolute atomic E-state index is 6.66. The largest absolute Gasteiger partial charge is 0.0999 e. The van der Waals surface area contributed by atoms with Crippen LogP contribution in [0, 0.1) is 6.92 Å². The predicted molar refractivity (Wildman–Crippen MR) is 113 cm³/mol. The van der Waals surface area contributed by atoms with Gasteiger partial charge >= 0.3 is 0 Å². The summed E-state index contributed by atoms with van der Waals surface area (Å²) in [5.41, 5.74) is 7.29. The Balaban J connectivity index is 2.13. The minimum Gasteiger partial charge on any atom is -0.0999 e. The fourth-order valence-corrected chi connectivity index (χ4v) is 3.66. The number of rotatable bonds is 9. The molecular weight excluding hydrogens is 324 g/mol. The van der Waals surface area contributed by atoms with Gasteiger partial charge in [0.15, 0.2) is 0 Å². The van der Waals surface area contributed by atoms with E-state index in [1.807, 2.05) is 6.08 Å². The number of unbranched alkanes of at least 4 members (excludes halogenated alkanes) is 1. The van der Waals surface area contributed by atoms with Gasteiger partial charge in [0.05, 0.1) is 0 Å². The van der Waals surface area contributed by atoms with Gasteiger partial charge in [-0.2, -0.15) is 0 Å². The minimum atomic E-state index is 0.817. The van der Waals surface area contributed by atoms with Gasteiger partial charge in [0.1, 0.15) is 0 Å². The molecule has 0 aliphatic heterocycles. The molecule has 132 valence electrons. The van der Waals surface area contributed by atoms with Crippen LogP contribution in [0.1, 0.15) is 55.7 Å². The highest BCUT2D eigenvalue weighted by molar-refractivity contribution is 6.33. The highest BCUT2D eigenvalue weighted by Crippen LogP contribution is 2.35. The molecule has 0 radical (unpaired) electrons. The van der Waals surface area contributed by atoms with Crippen LogP contribution in [-0.2, 0) is 6.42 Å². The monoisotopic (exact) mass is 352 g/mol. The average Bonchev–Trinajstić information content (AvgIpc) is 2.59. The first-order valence-corrected chi connectivity index (χ1v) is 9.62. The molecule has 0 fully saturated rings. The summed E-state index contributed by atoms with van der Waals surface area (Å²) in [6.45, 7) is 12.5. The summed E-state index contributed by atoms with van der Waals surface area (Å²) in [4.78, 5) is 0. The van der Waals surface area contributed by atoms with Gasteiger partial charge in [-0.1, -0.05) is 80.1 Å². The SMILES string of the molecule is C=Cc1cc(CCCCC(=C)CCC)cc(Cl)c1-c1ccccc1C. The van der Waals surface area contributed by atoms with Gasteiger partial charge in [-0.05, 0) is 67.3 Å². The lowest BCUT2D eigenvalue weighted by Gasteiger charge is -2.14. The molecule has 0 saturated heterocycles. The number of benzene rings is 2. The normalized spacial score (nSPS) is 10.7. The van der Waals surface area contributed by atoms with Crippen LogP contribution in [0.5, 0.6) is 0 Å². The van der Waals surface area contributed by atoms with Crippen molar-refractivity contribution in [3.05, 3.63) is 76.8 Å².